The summed E-state index contributed by atoms with van der Waals surface area (Å²) in [5.74, 6) is 0.0970. The second-order valence-corrected chi connectivity index (χ2v) is 7.60. The van der Waals surface area contributed by atoms with Crippen molar-refractivity contribution in [3.8, 4) is 0 Å². The lowest BCUT2D eigenvalue weighted by Gasteiger charge is -2.12. The zero-order valence-corrected chi connectivity index (χ0v) is 17.5. The van der Waals surface area contributed by atoms with Gasteiger partial charge in [-0.15, -0.1) is 0 Å². The predicted molar refractivity (Wildman–Crippen MR) is 117 cm³/mol. The lowest BCUT2D eigenvalue weighted by Crippen LogP contribution is -2.30. The Bertz CT molecular complexity index is 1310. The first kappa shape index (κ1) is 20.1. The number of rotatable bonds is 5. The Kier molecular flexibility index (Phi) is 5.57. The maximum absolute atomic E-state index is 12.7. The molecule has 152 valence electrons. The average molecular weight is 442 g/mol. The fourth-order valence-corrected chi connectivity index (χ4v) is 3.67. The molecule has 2 aromatic carbocycles. The topological polar surface area (TPSA) is 81.8 Å². The second-order valence-electron chi connectivity index (χ2n) is 6.75. The molecule has 0 saturated carbocycles. The Morgan fingerprint density at radius 1 is 1.07 bits per heavy atom. The van der Waals surface area contributed by atoms with Crippen molar-refractivity contribution in [1.29, 1.82) is 0 Å². The Hall–Kier alpha value is -3.16. The van der Waals surface area contributed by atoms with Crippen molar-refractivity contribution in [2.75, 3.05) is 5.32 Å². The molecule has 2 aromatic heterocycles. The smallest absolute Gasteiger partial charge is 0.275 e. The van der Waals surface area contributed by atoms with Crippen molar-refractivity contribution in [2.24, 2.45) is 0 Å². The van der Waals surface area contributed by atoms with Crippen molar-refractivity contribution < 1.29 is 4.79 Å². The first-order valence-electron chi connectivity index (χ1n) is 9.14. The van der Waals surface area contributed by atoms with Crippen LogP contribution in [0.1, 0.15) is 11.3 Å². The summed E-state index contributed by atoms with van der Waals surface area (Å²) in [5, 5.41) is 13.6. The summed E-state index contributed by atoms with van der Waals surface area (Å²) in [6.07, 6.45) is 1.57. The van der Waals surface area contributed by atoms with Crippen molar-refractivity contribution in [2.45, 2.75) is 20.0 Å². The number of nitrogens with one attached hydrogen (secondary N) is 1. The van der Waals surface area contributed by atoms with Crippen molar-refractivity contribution in [3.63, 3.8) is 0 Å². The number of anilines is 1. The number of aryl methyl sites for hydroxylation is 1. The van der Waals surface area contributed by atoms with Crippen LogP contribution in [0.4, 0.5) is 5.82 Å². The molecule has 0 aliphatic rings. The standard InChI is InChI=1S/C21H17Cl2N5O2/c1-13-16-4-2-3-5-17(16)21(30)28(26-13)12-20(29)25-19-8-9-24-27(19)11-14-6-7-15(22)10-18(14)23/h2-10H,11-12H2,1H3,(H,25,29). The van der Waals surface area contributed by atoms with E-state index in [-0.39, 0.29) is 18.0 Å². The molecule has 1 N–H and O–H groups in total. The van der Waals surface area contributed by atoms with Gasteiger partial charge in [0.1, 0.15) is 12.4 Å². The van der Waals surface area contributed by atoms with E-state index in [9.17, 15) is 9.59 Å². The number of nitrogens with zero attached hydrogens (tertiary/aromatic N) is 4. The van der Waals surface area contributed by atoms with E-state index in [0.717, 1.165) is 10.9 Å². The minimum absolute atomic E-state index is 0.211. The highest BCUT2D eigenvalue weighted by Crippen LogP contribution is 2.22. The van der Waals surface area contributed by atoms with Gasteiger partial charge in [-0.2, -0.15) is 10.2 Å². The molecule has 0 saturated heterocycles. The molecule has 0 spiro atoms. The van der Waals surface area contributed by atoms with Crippen LogP contribution in [0.5, 0.6) is 0 Å². The first-order chi connectivity index (χ1) is 14.4. The number of aromatic nitrogens is 4. The molecule has 0 aliphatic carbocycles. The van der Waals surface area contributed by atoms with Gasteiger partial charge in [0.2, 0.25) is 5.91 Å². The van der Waals surface area contributed by atoms with E-state index >= 15 is 0 Å². The number of hydrogen-bond acceptors (Lipinski definition) is 4. The molecule has 2 heterocycles. The lowest BCUT2D eigenvalue weighted by molar-refractivity contribution is -0.117. The molecule has 0 bridgehead atoms. The third kappa shape index (κ3) is 4.08. The number of halogens is 2. The van der Waals surface area contributed by atoms with Gasteiger partial charge in [0.05, 0.1) is 23.8 Å². The minimum Gasteiger partial charge on any atom is -0.309 e. The summed E-state index contributed by atoms with van der Waals surface area (Å²) >= 11 is 12.2. The SMILES string of the molecule is Cc1nn(CC(=O)Nc2ccnn2Cc2ccc(Cl)cc2Cl)c(=O)c2ccccc12. The third-order valence-corrected chi connectivity index (χ3v) is 5.25. The fraction of sp³-hybridized carbons (Fsp3) is 0.143. The Balaban J connectivity index is 1.53. The number of benzene rings is 2. The number of hydrogen-bond donors (Lipinski definition) is 1. The molecule has 0 unspecified atom stereocenters. The van der Waals surface area contributed by atoms with Gasteiger partial charge in [-0.25, -0.2) is 9.36 Å². The quantitative estimate of drug-likeness (QED) is 0.509. The van der Waals surface area contributed by atoms with E-state index < -0.39 is 0 Å². The third-order valence-electron chi connectivity index (χ3n) is 4.67. The molecule has 30 heavy (non-hydrogen) atoms. The van der Waals surface area contributed by atoms with E-state index in [1.165, 1.54) is 4.68 Å². The maximum Gasteiger partial charge on any atom is 0.275 e. The van der Waals surface area contributed by atoms with Crippen LogP contribution in [-0.4, -0.2) is 25.5 Å². The number of amides is 1. The van der Waals surface area contributed by atoms with Crippen LogP contribution in [0, 0.1) is 6.92 Å². The van der Waals surface area contributed by atoms with Crippen LogP contribution < -0.4 is 10.9 Å². The molecular formula is C21H17Cl2N5O2. The van der Waals surface area contributed by atoms with Gasteiger partial charge in [-0.05, 0) is 30.7 Å². The van der Waals surface area contributed by atoms with Gasteiger partial charge in [0.15, 0.2) is 0 Å². The normalized spacial score (nSPS) is 11.0. The van der Waals surface area contributed by atoms with Gasteiger partial charge < -0.3 is 5.32 Å². The predicted octanol–water partition coefficient (Wildman–Crippen LogP) is 3.90. The van der Waals surface area contributed by atoms with Gasteiger partial charge in [-0.3, -0.25) is 9.59 Å². The van der Waals surface area contributed by atoms with Crippen LogP contribution in [0.15, 0.2) is 59.5 Å². The lowest BCUT2D eigenvalue weighted by atomic mass is 10.1. The summed E-state index contributed by atoms with van der Waals surface area (Å²) in [7, 11) is 0. The molecule has 0 fully saturated rings. The average Bonchev–Trinajstić information content (AvgIpc) is 3.14. The molecule has 0 aliphatic heterocycles. The van der Waals surface area contributed by atoms with Gasteiger partial charge >= 0.3 is 0 Å². The van der Waals surface area contributed by atoms with E-state index in [1.54, 1.807) is 54.2 Å². The number of fused-ring (bicyclic) bond motifs is 1. The highest BCUT2D eigenvalue weighted by atomic mass is 35.5. The van der Waals surface area contributed by atoms with Crippen molar-refractivity contribution in [3.05, 3.63) is 86.4 Å². The Labute approximate surface area is 181 Å². The molecule has 7 nitrogen and oxygen atoms in total. The number of carbonyl (C=O) groups excluding carboxylic acids is 1. The van der Waals surface area contributed by atoms with Gasteiger partial charge in [-0.1, -0.05) is 47.5 Å². The highest BCUT2D eigenvalue weighted by Gasteiger charge is 2.13. The molecule has 4 aromatic rings. The molecule has 0 radical (unpaired) electrons. The van der Waals surface area contributed by atoms with E-state index in [0.29, 0.717) is 33.5 Å². The summed E-state index contributed by atoms with van der Waals surface area (Å²) in [4.78, 5) is 25.3. The van der Waals surface area contributed by atoms with Crippen LogP contribution in [0.3, 0.4) is 0 Å². The maximum atomic E-state index is 12.7. The molecule has 1 amide bonds. The van der Waals surface area contributed by atoms with Crippen LogP contribution >= 0.6 is 23.2 Å². The zero-order chi connectivity index (χ0) is 21.3. The minimum atomic E-state index is -0.386. The van der Waals surface area contributed by atoms with Gasteiger partial charge in [0.25, 0.3) is 5.56 Å². The molecule has 0 atom stereocenters. The largest absolute Gasteiger partial charge is 0.309 e. The summed E-state index contributed by atoms with van der Waals surface area (Å²) in [6.45, 7) is 1.95. The van der Waals surface area contributed by atoms with Gasteiger partial charge in [0, 0.05) is 21.5 Å². The van der Waals surface area contributed by atoms with E-state index in [4.69, 9.17) is 23.2 Å². The molecular weight excluding hydrogens is 425 g/mol. The Morgan fingerprint density at radius 3 is 2.60 bits per heavy atom. The summed E-state index contributed by atoms with van der Waals surface area (Å²) in [5.41, 5.74) is 1.18. The molecule has 4 rings (SSSR count). The Morgan fingerprint density at radius 2 is 1.83 bits per heavy atom. The van der Waals surface area contributed by atoms with Crippen LogP contribution in [-0.2, 0) is 17.9 Å². The van der Waals surface area contributed by atoms with Crippen molar-refractivity contribution in [1.82, 2.24) is 19.6 Å². The summed E-state index contributed by atoms with van der Waals surface area (Å²) < 4.78 is 2.78. The summed E-state index contributed by atoms with van der Waals surface area (Å²) in [6, 6.07) is 14.1. The zero-order valence-electron chi connectivity index (χ0n) is 16.0. The fourth-order valence-electron chi connectivity index (χ4n) is 3.21. The van der Waals surface area contributed by atoms with Crippen LogP contribution in [0.2, 0.25) is 10.0 Å². The van der Waals surface area contributed by atoms with E-state index in [2.05, 4.69) is 15.5 Å². The monoisotopic (exact) mass is 441 g/mol. The highest BCUT2D eigenvalue weighted by molar-refractivity contribution is 6.35. The first-order valence-corrected chi connectivity index (χ1v) is 9.90. The van der Waals surface area contributed by atoms with Crippen molar-refractivity contribution >= 4 is 45.7 Å². The van der Waals surface area contributed by atoms with Crippen LogP contribution in [0.25, 0.3) is 10.8 Å². The van der Waals surface area contributed by atoms with E-state index in [1.807, 2.05) is 12.1 Å². The molecule has 9 heteroatoms. The second kappa shape index (κ2) is 8.30. The number of carbonyl (C=O) groups is 1.